The van der Waals surface area contributed by atoms with Crippen LogP contribution in [0, 0.1) is 11.8 Å². The van der Waals surface area contributed by atoms with Crippen molar-refractivity contribution in [3.8, 4) is 0 Å². The first-order valence-electron chi connectivity index (χ1n) is 8.67. The van der Waals surface area contributed by atoms with Crippen molar-refractivity contribution in [1.82, 2.24) is 5.32 Å². The number of hydrogen-bond donors (Lipinski definition) is 2. The molecule has 2 rings (SSSR count). The number of carbonyl (C=O) groups excluding carboxylic acids is 1. The van der Waals surface area contributed by atoms with Crippen molar-refractivity contribution in [1.29, 1.82) is 0 Å². The van der Waals surface area contributed by atoms with Gasteiger partial charge in [0.05, 0.1) is 6.10 Å². The highest BCUT2D eigenvalue weighted by Crippen LogP contribution is 2.32. The summed E-state index contributed by atoms with van der Waals surface area (Å²) in [5, 5.41) is 13.4. The van der Waals surface area contributed by atoms with Crippen LogP contribution in [0.1, 0.15) is 65.2 Å². The summed E-state index contributed by atoms with van der Waals surface area (Å²) < 4.78 is 5.40. The number of carbonyl (C=O) groups is 1. The monoisotopic (exact) mass is 297 g/mol. The molecule has 4 nitrogen and oxygen atoms in total. The minimum absolute atomic E-state index is 0.122. The van der Waals surface area contributed by atoms with E-state index in [4.69, 9.17) is 4.74 Å². The van der Waals surface area contributed by atoms with Gasteiger partial charge in [-0.05, 0) is 38.5 Å². The first-order valence-corrected chi connectivity index (χ1v) is 8.67. The molecule has 1 saturated carbocycles. The molecule has 1 aliphatic heterocycles. The standard InChI is InChI=1S/C17H31NO3/c1-3-4-5-14-6-8-15(9-7-14)16(19)18-12-17(20)10-11-21-13(17)2/h13-15,20H,3-12H2,1-2H3,(H,18,19). The molecule has 0 aromatic heterocycles. The molecule has 1 heterocycles. The largest absolute Gasteiger partial charge is 0.385 e. The topological polar surface area (TPSA) is 58.6 Å². The number of unbranched alkanes of at least 4 members (excludes halogenated alkanes) is 1. The van der Waals surface area contributed by atoms with E-state index in [1.807, 2.05) is 6.92 Å². The van der Waals surface area contributed by atoms with Gasteiger partial charge in [0.2, 0.25) is 5.91 Å². The number of nitrogens with one attached hydrogen (secondary N) is 1. The van der Waals surface area contributed by atoms with Crippen LogP contribution in [0.25, 0.3) is 0 Å². The molecule has 4 heteroatoms. The van der Waals surface area contributed by atoms with Gasteiger partial charge in [0.25, 0.3) is 0 Å². The maximum atomic E-state index is 12.3. The number of amides is 1. The van der Waals surface area contributed by atoms with E-state index in [1.54, 1.807) is 0 Å². The van der Waals surface area contributed by atoms with Gasteiger partial charge in [-0.15, -0.1) is 0 Å². The highest BCUT2D eigenvalue weighted by Gasteiger charge is 2.40. The lowest BCUT2D eigenvalue weighted by atomic mass is 9.79. The molecular weight excluding hydrogens is 266 g/mol. The smallest absolute Gasteiger partial charge is 0.223 e. The van der Waals surface area contributed by atoms with Gasteiger partial charge in [0, 0.05) is 25.5 Å². The van der Waals surface area contributed by atoms with E-state index in [9.17, 15) is 9.90 Å². The van der Waals surface area contributed by atoms with E-state index in [1.165, 1.54) is 32.1 Å². The van der Waals surface area contributed by atoms with E-state index in [-0.39, 0.29) is 17.9 Å². The molecule has 2 unspecified atom stereocenters. The molecule has 0 bridgehead atoms. The molecule has 2 atom stereocenters. The SMILES string of the molecule is CCCCC1CCC(C(=O)NCC2(O)CCOC2C)CC1. The Morgan fingerprint density at radius 3 is 2.62 bits per heavy atom. The van der Waals surface area contributed by atoms with Crippen molar-refractivity contribution in [2.24, 2.45) is 11.8 Å². The summed E-state index contributed by atoms with van der Waals surface area (Å²) in [6.07, 6.45) is 8.69. The third kappa shape index (κ3) is 4.43. The van der Waals surface area contributed by atoms with E-state index in [0.29, 0.717) is 19.6 Å². The lowest BCUT2D eigenvalue weighted by molar-refractivity contribution is -0.128. The molecule has 0 radical (unpaired) electrons. The molecule has 2 N–H and O–H groups in total. The van der Waals surface area contributed by atoms with Crippen LogP contribution in [-0.2, 0) is 9.53 Å². The van der Waals surface area contributed by atoms with E-state index < -0.39 is 5.60 Å². The summed E-state index contributed by atoms with van der Waals surface area (Å²) in [7, 11) is 0. The Morgan fingerprint density at radius 2 is 2.05 bits per heavy atom. The summed E-state index contributed by atoms with van der Waals surface area (Å²) in [6.45, 7) is 5.01. The molecule has 2 aliphatic rings. The fraction of sp³-hybridized carbons (Fsp3) is 0.941. The molecule has 2 fully saturated rings. The zero-order valence-corrected chi connectivity index (χ0v) is 13.6. The molecule has 1 saturated heterocycles. The van der Waals surface area contributed by atoms with Crippen molar-refractivity contribution in [3.63, 3.8) is 0 Å². The van der Waals surface area contributed by atoms with Crippen LogP contribution in [0.15, 0.2) is 0 Å². The second-order valence-electron chi connectivity index (χ2n) is 6.94. The first kappa shape index (κ1) is 16.8. The summed E-state index contributed by atoms with van der Waals surface area (Å²) >= 11 is 0. The van der Waals surface area contributed by atoms with Crippen LogP contribution >= 0.6 is 0 Å². The third-order valence-corrected chi connectivity index (χ3v) is 5.41. The number of ether oxygens (including phenoxy) is 1. The fourth-order valence-corrected chi connectivity index (χ4v) is 3.59. The summed E-state index contributed by atoms with van der Waals surface area (Å²) in [6, 6.07) is 0. The van der Waals surface area contributed by atoms with Gasteiger partial charge in [-0.1, -0.05) is 26.2 Å². The van der Waals surface area contributed by atoms with Crippen LogP contribution in [-0.4, -0.2) is 35.9 Å². The third-order valence-electron chi connectivity index (χ3n) is 5.41. The van der Waals surface area contributed by atoms with Crippen LogP contribution in [0.4, 0.5) is 0 Å². The van der Waals surface area contributed by atoms with E-state index in [0.717, 1.165) is 18.8 Å². The Labute approximate surface area is 128 Å². The maximum absolute atomic E-state index is 12.3. The fourth-order valence-electron chi connectivity index (χ4n) is 3.59. The van der Waals surface area contributed by atoms with Gasteiger partial charge in [-0.25, -0.2) is 0 Å². The number of hydrogen-bond acceptors (Lipinski definition) is 3. The van der Waals surface area contributed by atoms with Gasteiger partial charge in [-0.3, -0.25) is 4.79 Å². The minimum atomic E-state index is -0.881. The Bertz CT molecular complexity index is 339. The van der Waals surface area contributed by atoms with E-state index in [2.05, 4.69) is 12.2 Å². The Hall–Kier alpha value is -0.610. The van der Waals surface area contributed by atoms with Crippen LogP contribution in [0.5, 0.6) is 0 Å². The second-order valence-corrected chi connectivity index (χ2v) is 6.94. The van der Waals surface area contributed by atoms with Crippen LogP contribution in [0.3, 0.4) is 0 Å². The van der Waals surface area contributed by atoms with Gasteiger partial charge in [0.1, 0.15) is 5.60 Å². The Kier molecular flexibility index (Phi) is 6.06. The average molecular weight is 297 g/mol. The quantitative estimate of drug-likeness (QED) is 0.792. The number of aliphatic hydroxyl groups is 1. The summed E-state index contributed by atoms with van der Waals surface area (Å²) in [5.74, 6) is 1.09. The second kappa shape index (κ2) is 7.59. The first-order chi connectivity index (χ1) is 10.0. The molecular formula is C17H31NO3. The molecule has 1 aliphatic carbocycles. The van der Waals surface area contributed by atoms with Crippen molar-refractivity contribution in [3.05, 3.63) is 0 Å². The molecule has 21 heavy (non-hydrogen) atoms. The highest BCUT2D eigenvalue weighted by atomic mass is 16.5. The number of rotatable bonds is 6. The lowest BCUT2D eigenvalue weighted by Gasteiger charge is -2.30. The Morgan fingerprint density at radius 1 is 1.33 bits per heavy atom. The van der Waals surface area contributed by atoms with Crippen molar-refractivity contribution in [2.75, 3.05) is 13.2 Å². The average Bonchev–Trinajstić information content (AvgIpc) is 2.83. The summed E-state index contributed by atoms with van der Waals surface area (Å²) in [5.41, 5.74) is -0.881. The van der Waals surface area contributed by atoms with Crippen molar-refractivity contribution < 1.29 is 14.6 Å². The van der Waals surface area contributed by atoms with E-state index >= 15 is 0 Å². The predicted molar refractivity (Wildman–Crippen MR) is 83.0 cm³/mol. The molecule has 122 valence electrons. The summed E-state index contributed by atoms with van der Waals surface area (Å²) in [4.78, 5) is 12.3. The zero-order valence-electron chi connectivity index (χ0n) is 13.6. The van der Waals surface area contributed by atoms with Crippen LogP contribution < -0.4 is 5.32 Å². The highest BCUT2D eigenvalue weighted by molar-refractivity contribution is 5.78. The molecule has 0 aromatic carbocycles. The molecule has 0 spiro atoms. The van der Waals surface area contributed by atoms with Crippen LogP contribution in [0.2, 0.25) is 0 Å². The zero-order chi connectivity index (χ0) is 15.3. The minimum Gasteiger partial charge on any atom is -0.385 e. The maximum Gasteiger partial charge on any atom is 0.223 e. The van der Waals surface area contributed by atoms with Crippen molar-refractivity contribution >= 4 is 5.91 Å². The molecule has 1 amide bonds. The normalized spacial score (nSPS) is 36.6. The van der Waals surface area contributed by atoms with Gasteiger partial charge >= 0.3 is 0 Å². The van der Waals surface area contributed by atoms with Crippen molar-refractivity contribution in [2.45, 2.75) is 76.9 Å². The lowest BCUT2D eigenvalue weighted by Crippen LogP contribution is -2.49. The van der Waals surface area contributed by atoms with Gasteiger partial charge < -0.3 is 15.2 Å². The molecule has 0 aromatic rings. The van der Waals surface area contributed by atoms with Gasteiger partial charge in [-0.2, -0.15) is 0 Å². The Balaban J connectivity index is 1.70. The predicted octanol–water partition coefficient (Wildman–Crippen LogP) is 2.64. The van der Waals surface area contributed by atoms with Gasteiger partial charge in [0.15, 0.2) is 0 Å².